The summed E-state index contributed by atoms with van der Waals surface area (Å²) < 4.78 is 2.06. The Morgan fingerprint density at radius 1 is 1.36 bits per heavy atom. The lowest BCUT2D eigenvalue weighted by Gasteiger charge is -1.99. The number of hydrogen-bond donors (Lipinski definition) is 2. The molecule has 0 saturated carbocycles. The molecule has 0 atom stereocenters. The largest absolute Gasteiger partial charge is 0.508 e. The summed E-state index contributed by atoms with van der Waals surface area (Å²) in [6.07, 6.45) is 1.92. The summed E-state index contributed by atoms with van der Waals surface area (Å²) in [6, 6.07) is 5.22. The van der Waals surface area contributed by atoms with Gasteiger partial charge in [-0.05, 0) is 25.1 Å². The number of hydrogen-bond acceptors (Lipinski definition) is 2. The number of benzene rings is 1. The van der Waals surface area contributed by atoms with Gasteiger partial charge in [-0.15, -0.1) is 0 Å². The van der Waals surface area contributed by atoms with E-state index in [0.717, 1.165) is 23.0 Å². The van der Waals surface area contributed by atoms with Gasteiger partial charge in [0.1, 0.15) is 5.75 Å². The molecule has 14 heavy (non-hydrogen) atoms. The average molecular weight is 191 g/mol. The number of aromatic nitrogens is 1. The van der Waals surface area contributed by atoms with Gasteiger partial charge >= 0.3 is 0 Å². The molecule has 1 aromatic carbocycles. The van der Waals surface area contributed by atoms with Crippen molar-refractivity contribution in [2.45, 2.75) is 20.1 Å². The van der Waals surface area contributed by atoms with Crippen molar-refractivity contribution in [1.29, 1.82) is 0 Å². The Bertz CT molecular complexity index is 460. The number of phenolic OH excluding ortho intramolecular Hbond substituents is 1. The molecule has 0 radical (unpaired) electrons. The van der Waals surface area contributed by atoms with Crippen LogP contribution in [0.15, 0.2) is 24.4 Å². The molecular formula is C11H13NO2. The summed E-state index contributed by atoms with van der Waals surface area (Å²) in [5, 5.41) is 19.4. The molecule has 1 heterocycles. The predicted molar refractivity (Wildman–Crippen MR) is 55.2 cm³/mol. The number of nitrogens with zero attached hydrogens (tertiary/aromatic N) is 1. The first-order valence-corrected chi connectivity index (χ1v) is 4.68. The summed E-state index contributed by atoms with van der Waals surface area (Å²) in [5.41, 5.74) is 1.91. The van der Waals surface area contributed by atoms with Crippen molar-refractivity contribution >= 4 is 10.9 Å². The molecule has 0 fully saturated rings. The minimum Gasteiger partial charge on any atom is -0.508 e. The molecule has 0 aliphatic heterocycles. The fourth-order valence-corrected chi connectivity index (χ4v) is 1.75. The van der Waals surface area contributed by atoms with Crippen molar-refractivity contribution in [1.82, 2.24) is 4.57 Å². The fourth-order valence-electron chi connectivity index (χ4n) is 1.75. The summed E-state index contributed by atoms with van der Waals surface area (Å²) in [6.45, 7) is 2.92. The van der Waals surface area contributed by atoms with E-state index in [0.29, 0.717) is 0 Å². The van der Waals surface area contributed by atoms with Gasteiger partial charge in [0.05, 0.1) is 6.61 Å². The highest BCUT2D eigenvalue weighted by Crippen LogP contribution is 2.25. The van der Waals surface area contributed by atoms with Crippen LogP contribution in [-0.4, -0.2) is 14.8 Å². The van der Waals surface area contributed by atoms with Crippen LogP contribution in [0.3, 0.4) is 0 Å². The summed E-state index contributed by atoms with van der Waals surface area (Å²) in [7, 11) is 0. The van der Waals surface area contributed by atoms with Crippen LogP contribution in [-0.2, 0) is 13.2 Å². The monoisotopic (exact) mass is 191 g/mol. The second-order valence-corrected chi connectivity index (χ2v) is 3.30. The molecule has 1 aromatic heterocycles. The maximum Gasteiger partial charge on any atom is 0.116 e. The van der Waals surface area contributed by atoms with Crippen LogP contribution in [0.25, 0.3) is 10.9 Å². The minimum atomic E-state index is 0.00690. The van der Waals surface area contributed by atoms with E-state index in [4.69, 9.17) is 5.11 Å². The Kier molecular flexibility index (Phi) is 2.17. The van der Waals surface area contributed by atoms with Crippen molar-refractivity contribution in [3.63, 3.8) is 0 Å². The van der Waals surface area contributed by atoms with Gasteiger partial charge in [0.25, 0.3) is 0 Å². The number of aliphatic hydroxyl groups is 1. The maximum absolute atomic E-state index is 9.34. The van der Waals surface area contributed by atoms with Crippen LogP contribution in [0.4, 0.5) is 0 Å². The number of rotatable bonds is 2. The van der Waals surface area contributed by atoms with Crippen molar-refractivity contribution in [3.8, 4) is 5.75 Å². The van der Waals surface area contributed by atoms with Crippen LogP contribution in [0, 0.1) is 0 Å². The molecule has 0 amide bonds. The zero-order valence-corrected chi connectivity index (χ0v) is 8.07. The summed E-state index contributed by atoms with van der Waals surface area (Å²) >= 11 is 0. The highest BCUT2D eigenvalue weighted by molar-refractivity contribution is 5.85. The maximum atomic E-state index is 9.34. The quantitative estimate of drug-likeness (QED) is 0.761. The number of fused-ring (bicyclic) bond motifs is 1. The minimum absolute atomic E-state index is 0.00690. The Labute approximate surface area is 82.2 Å². The van der Waals surface area contributed by atoms with Gasteiger partial charge in [-0.3, -0.25) is 0 Å². The van der Waals surface area contributed by atoms with E-state index in [9.17, 15) is 5.11 Å². The normalized spacial score (nSPS) is 11.0. The van der Waals surface area contributed by atoms with Gasteiger partial charge in [-0.1, -0.05) is 0 Å². The molecule has 0 saturated heterocycles. The van der Waals surface area contributed by atoms with E-state index < -0.39 is 0 Å². The molecule has 2 aromatic rings. The van der Waals surface area contributed by atoms with Gasteiger partial charge < -0.3 is 14.8 Å². The topological polar surface area (TPSA) is 45.4 Å². The first-order valence-electron chi connectivity index (χ1n) is 4.68. The van der Waals surface area contributed by atoms with Gasteiger partial charge in [0.2, 0.25) is 0 Å². The SMILES string of the molecule is CCn1cc(CO)c2cc(O)ccc21. The van der Waals surface area contributed by atoms with E-state index in [1.54, 1.807) is 12.1 Å². The lowest BCUT2D eigenvalue weighted by Crippen LogP contribution is -1.89. The van der Waals surface area contributed by atoms with E-state index >= 15 is 0 Å². The third kappa shape index (κ3) is 1.26. The van der Waals surface area contributed by atoms with Gasteiger partial charge in [0, 0.05) is 29.2 Å². The molecule has 3 heteroatoms. The van der Waals surface area contributed by atoms with E-state index in [1.807, 2.05) is 19.2 Å². The molecule has 0 spiro atoms. The number of aromatic hydroxyl groups is 1. The van der Waals surface area contributed by atoms with Crippen LogP contribution < -0.4 is 0 Å². The van der Waals surface area contributed by atoms with E-state index in [2.05, 4.69) is 4.57 Å². The Morgan fingerprint density at radius 3 is 2.79 bits per heavy atom. The van der Waals surface area contributed by atoms with Crippen molar-refractivity contribution < 1.29 is 10.2 Å². The van der Waals surface area contributed by atoms with Crippen molar-refractivity contribution in [2.75, 3.05) is 0 Å². The molecule has 0 unspecified atom stereocenters. The molecular weight excluding hydrogens is 178 g/mol. The first-order chi connectivity index (χ1) is 6.76. The predicted octanol–water partition coefficient (Wildman–Crippen LogP) is 1.86. The fraction of sp³-hybridized carbons (Fsp3) is 0.273. The summed E-state index contributed by atoms with van der Waals surface area (Å²) in [4.78, 5) is 0. The zero-order valence-electron chi connectivity index (χ0n) is 8.07. The second kappa shape index (κ2) is 3.35. The first kappa shape index (κ1) is 9.09. The highest BCUT2D eigenvalue weighted by Gasteiger charge is 2.06. The highest BCUT2D eigenvalue weighted by atomic mass is 16.3. The molecule has 2 N–H and O–H groups in total. The third-order valence-corrected chi connectivity index (χ3v) is 2.46. The summed E-state index contributed by atoms with van der Waals surface area (Å²) in [5.74, 6) is 0.237. The third-order valence-electron chi connectivity index (χ3n) is 2.46. The van der Waals surface area contributed by atoms with Crippen molar-refractivity contribution in [2.24, 2.45) is 0 Å². The van der Waals surface area contributed by atoms with Gasteiger partial charge in [-0.25, -0.2) is 0 Å². The lowest BCUT2D eigenvalue weighted by molar-refractivity contribution is 0.283. The van der Waals surface area contributed by atoms with Crippen LogP contribution >= 0.6 is 0 Å². The Balaban J connectivity index is 2.75. The standard InChI is InChI=1S/C11H13NO2/c1-2-12-6-8(7-13)10-5-9(14)3-4-11(10)12/h3-6,13-14H,2,7H2,1H3. The lowest BCUT2D eigenvalue weighted by atomic mass is 10.2. The van der Waals surface area contributed by atoms with E-state index in [-0.39, 0.29) is 12.4 Å². The van der Waals surface area contributed by atoms with Crippen LogP contribution in [0.2, 0.25) is 0 Å². The molecule has 3 nitrogen and oxygen atoms in total. The van der Waals surface area contributed by atoms with Gasteiger partial charge in [-0.2, -0.15) is 0 Å². The van der Waals surface area contributed by atoms with Crippen molar-refractivity contribution in [3.05, 3.63) is 30.0 Å². The Morgan fingerprint density at radius 2 is 2.14 bits per heavy atom. The van der Waals surface area contributed by atoms with Crippen LogP contribution in [0.1, 0.15) is 12.5 Å². The molecule has 0 aliphatic carbocycles. The molecule has 2 rings (SSSR count). The molecule has 74 valence electrons. The number of phenols is 1. The smallest absolute Gasteiger partial charge is 0.116 e. The van der Waals surface area contributed by atoms with Crippen LogP contribution in [0.5, 0.6) is 5.75 Å². The van der Waals surface area contributed by atoms with Gasteiger partial charge in [0.15, 0.2) is 0 Å². The van der Waals surface area contributed by atoms with E-state index in [1.165, 1.54) is 0 Å². The Hall–Kier alpha value is -1.48. The molecule has 0 bridgehead atoms. The molecule has 0 aliphatic rings. The second-order valence-electron chi connectivity index (χ2n) is 3.30. The average Bonchev–Trinajstić information content (AvgIpc) is 2.55. The number of aryl methyl sites for hydroxylation is 1. The number of aliphatic hydroxyl groups excluding tert-OH is 1. The zero-order chi connectivity index (χ0) is 10.1.